The molecule has 7 heteroatoms. The van der Waals surface area contributed by atoms with E-state index >= 15 is 0 Å². The lowest BCUT2D eigenvalue weighted by Crippen LogP contribution is -2.28. The van der Waals surface area contributed by atoms with E-state index in [9.17, 15) is 4.79 Å². The first-order chi connectivity index (χ1) is 13.7. The third kappa shape index (κ3) is 3.98. The largest absolute Gasteiger partial charge is 0.441 e. The van der Waals surface area contributed by atoms with Crippen LogP contribution in [0.3, 0.4) is 0 Å². The number of carbonyl (C=O) groups excluding carboxylic acids is 1. The number of amidine groups is 1. The second-order valence-corrected chi connectivity index (χ2v) is 8.15. The van der Waals surface area contributed by atoms with Gasteiger partial charge in [0.05, 0.1) is 15.6 Å². The summed E-state index contributed by atoms with van der Waals surface area (Å²) in [4.78, 5) is 21.9. The highest BCUT2D eigenvalue weighted by Gasteiger charge is 2.32. The highest BCUT2D eigenvalue weighted by Crippen LogP contribution is 2.36. The number of piperidine rings is 1. The third-order valence-corrected chi connectivity index (χ3v) is 6.15. The number of carbonyl (C=O) groups is 1. The summed E-state index contributed by atoms with van der Waals surface area (Å²) in [7, 11) is 0. The standard InChI is InChI=1S/C21H22ClN3O2S/c1-2-25-20(26)18(28-21(25)23-17-9-5-4-8-16(17)22)14-15-10-11-19(27-15)24-12-6-3-7-13-24/h4-5,8-11,14H,2-3,6-7,12-13H2,1H3/b18-14+,23-21?. The van der Waals surface area contributed by atoms with Crippen LogP contribution < -0.4 is 4.90 Å². The highest BCUT2D eigenvalue weighted by atomic mass is 35.5. The predicted molar refractivity (Wildman–Crippen MR) is 116 cm³/mol. The molecule has 0 unspecified atom stereocenters. The lowest BCUT2D eigenvalue weighted by molar-refractivity contribution is -0.122. The molecular weight excluding hydrogens is 394 g/mol. The van der Waals surface area contributed by atoms with E-state index < -0.39 is 0 Å². The van der Waals surface area contributed by atoms with Gasteiger partial charge in [0.15, 0.2) is 11.1 Å². The van der Waals surface area contributed by atoms with Crippen molar-refractivity contribution < 1.29 is 9.21 Å². The number of halogens is 1. The van der Waals surface area contributed by atoms with Crippen LogP contribution >= 0.6 is 23.4 Å². The number of aliphatic imine (C=N–C) groups is 1. The second kappa shape index (κ2) is 8.45. The van der Waals surface area contributed by atoms with Gasteiger partial charge in [0.25, 0.3) is 5.91 Å². The first-order valence-electron chi connectivity index (χ1n) is 9.55. The van der Waals surface area contributed by atoms with Crippen LogP contribution in [-0.4, -0.2) is 35.6 Å². The van der Waals surface area contributed by atoms with Crippen molar-refractivity contribution in [3.8, 4) is 0 Å². The zero-order chi connectivity index (χ0) is 19.5. The van der Waals surface area contributed by atoms with Gasteiger partial charge in [-0.15, -0.1) is 0 Å². The molecule has 1 amide bonds. The Morgan fingerprint density at radius 3 is 2.71 bits per heavy atom. The Hall–Kier alpha value is -2.18. The summed E-state index contributed by atoms with van der Waals surface area (Å²) in [5, 5.41) is 1.20. The molecule has 2 fully saturated rings. The van der Waals surface area contributed by atoms with Crippen LogP contribution in [0.25, 0.3) is 6.08 Å². The Balaban J connectivity index is 1.57. The minimum atomic E-state index is -0.0609. The molecule has 0 bridgehead atoms. The fraction of sp³-hybridized carbons (Fsp3) is 0.333. The number of rotatable bonds is 4. The minimum Gasteiger partial charge on any atom is -0.441 e. The third-order valence-electron chi connectivity index (χ3n) is 4.83. The number of para-hydroxylation sites is 1. The first-order valence-corrected chi connectivity index (χ1v) is 10.7. The molecule has 2 saturated heterocycles. The highest BCUT2D eigenvalue weighted by molar-refractivity contribution is 8.18. The fourth-order valence-electron chi connectivity index (χ4n) is 3.35. The Labute approximate surface area is 174 Å². The van der Waals surface area contributed by atoms with Gasteiger partial charge < -0.3 is 9.32 Å². The smallest absolute Gasteiger partial charge is 0.266 e. The molecule has 0 radical (unpaired) electrons. The van der Waals surface area contributed by atoms with Crippen LogP contribution in [0.15, 0.2) is 50.7 Å². The maximum Gasteiger partial charge on any atom is 0.266 e. The molecule has 4 rings (SSSR count). The minimum absolute atomic E-state index is 0.0609. The summed E-state index contributed by atoms with van der Waals surface area (Å²) < 4.78 is 5.98. The predicted octanol–water partition coefficient (Wildman–Crippen LogP) is 5.55. The van der Waals surface area contributed by atoms with Crippen molar-refractivity contribution in [1.82, 2.24) is 4.90 Å². The number of benzene rings is 1. The molecule has 0 atom stereocenters. The molecule has 0 spiro atoms. The molecular formula is C21H22ClN3O2S. The SMILES string of the molecule is CCN1C(=O)/C(=C\c2ccc(N3CCCCC3)o2)SC1=Nc1ccccc1Cl. The van der Waals surface area contributed by atoms with Gasteiger partial charge in [0.2, 0.25) is 0 Å². The molecule has 3 heterocycles. The van der Waals surface area contributed by atoms with Crippen LogP contribution in [0, 0.1) is 0 Å². The molecule has 146 valence electrons. The van der Waals surface area contributed by atoms with Gasteiger partial charge in [-0.2, -0.15) is 0 Å². The number of furan rings is 1. The summed E-state index contributed by atoms with van der Waals surface area (Å²) in [5.74, 6) is 1.50. The van der Waals surface area contributed by atoms with Crippen molar-refractivity contribution in [2.45, 2.75) is 26.2 Å². The molecule has 28 heavy (non-hydrogen) atoms. The molecule has 0 saturated carbocycles. The monoisotopic (exact) mass is 415 g/mol. The summed E-state index contributed by atoms with van der Waals surface area (Å²) in [6, 6.07) is 11.3. The Morgan fingerprint density at radius 2 is 1.96 bits per heavy atom. The van der Waals surface area contributed by atoms with Gasteiger partial charge >= 0.3 is 0 Å². The molecule has 0 N–H and O–H groups in total. The van der Waals surface area contributed by atoms with Crippen molar-refractivity contribution in [1.29, 1.82) is 0 Å². The van der Waals surface area contributed by atoms with Crippen molar-refractivity contribution in [2.24, 2.45) is 4.99 Å². The van der Waals surface area contributed by atoms with Crippen molar-refractivity contribution in [3.05, 3.63) is 52.1 Å². The van der Waals surface area contributed by atoms with E-state index in [0.717, 1.165) is 19.0 Å². The van der Waals surface area contributed by atoms with Crippen molar-refractivity contribution in [3.63, 3.8) is 0 Å². The number of amides is 1. The molecule has 0 aliphatic carbocycles. The zero-order valence-corrected chi connectivity index (χ0v) is 17.3. The first kappa shape index (κ1) is 19.2. The molecule has 5 nitrogen and oxygen atoms in total. The maximum absolute atomic E-state index is 12.8. The quantitative estimate of drug-likeness (QED) is 0.614. The average Bonchev–Trinajstić information content (AvgIpc) is 3.29. The summed E-state index contributed by atoms with van der Waals surface area (Å²) in [6.07, 6.45) is 5.47. The number of hydrogen-bond acceptors (Lipinski definition) is 5. The molecule has 2 aliphatic heterocycles. The van der Waals surface area contributed by atoms with E-state index in [1.807, 2.05) is 37.3 Å². The van der Waals surface area contributed by atoms with Gasteiger partial charge in [0.1, 0.15) is 5.76 Å². The zero-order valence-electron chi connectivity index (χ0n) is 15.7. The lowest BCUT2D eigenvalue weighted by atomic mass is 10.1. The molecule has 1 aromatic heterocycles. The number of likely N-dealkylation sites (N-methyl/N-ethyl adjacent to an activating group) is 1. The van der Waals surface area contributed by atoms with Crippen LogP contribution in [0.2, 0.25) is 5.02 Å². The summed E-state index contributed by atoms with van der Waals surface area (Å²) >= 11 is 7.57. The van der Waals surface area contributed by atoms with Gasteiger partial charge in [-0.25, -0.2) is 4.99 Å². The lowest BCUT2D eigenvalue weighted by Gasteiger charge is -2.25. The van der Waals surface area contributed by atoms with E-state index in [-0.39, 0.29) is 5.91 Å². The maximum atomic E-state index is 12.8. The van der Waals surface area contributed by atoms with Crippen LogP contribution in [0.1, 0.15) is 31.9 Å². The van der Waals surface area contributed by atoms with Gasteiger partial charge in [-0.3, -0.25) is 9.69 Å². The van der Waals surface area contributed by atoms with Gasteiger partial charge in [-0.05, 0) is 56.1 Å². The van der Waals surface area contributed by atoms with Gasteiger partial charge in [-0.1, -0.05) is 23.7 Å². The molecule has 1 aromatic carbocycles. The molecule has 2 aliphatic rings. The Bertz CT molecular complexity index is 931. The summed E-state index contributed by atoms with van der Waals surface area (Å²) in [6.45, 7) is 4.53. The normalized spacial score (nSPS) is 20.6. The van der Waals surface area contributed by atoms with E-state index in [4.69, 9.17) is 16.0 Å². The number of anilines is 1. The Morgan fingerprint density at radius 1 is 1.18 bits per heavy atom. The van der Waals surface area contributed by atoms with E-state index in [2.05, 4.69) is 9.89 Å². The van der Waals surface area contributed by atoms with Crippen molar-refractivity contribution >= 4 is 52.1 Å². The fourth-order valence-corrected chi connectivity index (χ4v) is 4.56. The average molecular weight is 416 g/mol. The van der Waals surface area contributed by atoms with Crippen molar-refractivity contribution in [2.75, 3.05) is 24.5 Å². The van der Waals surface area contributed by atoms with Crippen LogP contribution in [-0.2, 0) is 4.79 Å². The summed E-state index contributed by atoms with van der Waals surface area (Å²) in [5.41, 5.74) is 0.657. The van der Waals surface area contributed by atoms with E-state index in [1.54, 1.807) is 17.0 Å². The molecule has 2 aromatic rings. The van der Waals surface area contributed by atoms with Gasteiger partial charge in [0, 0.05) is 31.8 Å². The van der Waals surface area contributed by atoms with E-state index in [0.29, 0.717) is 33.1 Å². The number of hydrogen-bond donors (Lipinski definition) is 0. The van der Waals surface area contributed by atoms with Crippen LogP contribution in [0.4, 0.5) is 11.6 Å². The Kier molecular flexibility index (Phi) is 5.78. The van der Waals surface area contributed by atoms with E-state index in [1.165, 1.54) is 31.0 Å². The topological polar surface area (TPSA) is 49.1 Å². The van der Waals surface area contributed by atoms with Crippen LogP contribution in [0.5, 0.6) is 0 Å². The second-order valence-electron chi connectivity index (χ2n) is 6.73. The number of nitrogens with zero attached hydrogens (tertiary/aromatic N) is 3. The number of thioether (sulfide) groups is 1.